The number of primary sulfonamides is 1. The highest BCUT2D eigenvalue weighted by Gasteiger charge is 2.33. The lowest BCUT2D eigenvalue weighted by atomic mass is 10.1. The average molecular weight is 324 g/mol. The van der Waals surface area contributed by atoms with E-state index in [0.29, 0.717) is 19.4 Å². The first kappa shape index (κ1) is 14.5. The Balaban J connectivity index is 1.73. The molecule has 1 atom stereocenters. The van der Waals surface area contributed by atoms with E-state index in [4.69, 9.17) is 5.14 Å². The van der Waals surface area contributed by atoms with Gasteiger partial charge in [-0.2, -0.15) is 0 Å². The molecule has 0 spiro atoms. The number of rotatable bonds is 3. The normalized spacial score (nSPS) is 19.3. The molecule has 7 heteroatoms. The average Bonchev–Trinajstić information content (AvgIpc) is 3.05. The molecular formula is C14H16N2O3S2. The SMILES string of the molecule is NS(=O)(=O)C1CCN(C(=O)Cc2csc3ccccc23)C1. The maximum atomic E-state index is 12.3. The number of hydrogen-bond donors (Lipinski definition) is 1. The minimum Gasteiger partial charge on any atom is -0.341 e. The summed E-state index contributed by atoms with van der Waals surface area (Å²) in [5.74, 6) is -0.0373. The molecular weight excluding hydrogens is 308 g/mol. The van der Waals surface area contributed by atoms with Crippen LogP contribution in [0.1, 0.15) is 12.0 Å². The summed E-state index contributed by atoms with van der Waals surface area (Å²) in [4.78, 5) is 13.9. The molecule has 1 saturated heterocycles. The van der Waals surface area contributed by atoms with Crippen molar-refractivity contribution in [3.63, 3.8) is 0 Å². The highest BCUT2D eigenvalue weighted by Crippen LogP contribution is 2.27. The number of sulfonamides is 1. The van der Waals surface area contributed by atoms with Gasteiger partial charge in [0.05, 0.1) is 11.7 Å². The monoisotopic (exact) mass is 324 g/mol. The Labute approximate surface area is 127 Å². The van der Waals surface area contributed by atoms with E-state index in [2.05, 4.69) is 0 Å². The van der Waals surface area contributed by atoms with E-state index in [-0.39, 0.29) is 12.5 Å². The maximum Gasteiger partial charge on any atom is 0.227 e. The molecule has 0 aliphatic carbocycles. The molecule has 1 aromatic heterocycles. The third kappa shape index (κ3) is 2.95. The number of thiophene rings is 1. The van der Waals surface area contributed by atoms with E-state index in [1.807, 2.05) is 29.6 Å². The molecule has 21 heavy (non-hydrogen) atoms. The van der Waals surface area contributed by atoms with Gasteiger partial charge in [0, 0.05) is 17.8 Å². The zero-order chi connectivity index (χ0) is 15.0. The molecule has 2 aromatic rings. The molecule has 1 amide bonds. The standard InChI is InChI=1S/C14H16N2O3S2/c15-21(18,19)11-5-6-16(8-11)14(17)7-10-9-20-13-4-2-1-3-12(10)13/h1-4,9,11H,5-8H2,(H2,15,18,19). The molecule has 1 unspecified atom stereocenters. The quantitative estimate of drug-likeness (QED) is 0.925. The Kier molecular flexibility index (Phi) is 3.73. The molecule has 5 nitrogen and oxygen atoms in total. The lowest BCUT2D eigenvalue weighted by Gasteiger charge is -2.15. The zero-order valence-corrected chi connectivity index (χ0v) is 13.0. The molecule has 112 valence electrons. The van der Waals surface area contributed by atoms with Crippen molar-refractivity contribution < 1.29 is 13.2 Å². The van der Waals surface area contributed by atoms with Gasteiger partial charge in [-0.3, -0.25) is 4.79 Å². The first-order valence-electron chi connectivity index (χ1n) is 6.69. The van der Waals surface area contributed by atoms with Crippen molar-refractivity contribution in [2.24, 2.45) is 5.14 Å². The van der Waals surface area contributed by atoms with E-state index in [1.165, 1.54) is 0 Å². The van der Waals surface area contributed by atoms with E-state index >= 15 is 0 Å². The largest absolute Gasteiger partial charge is 0.341 e. The summed E-state index contributed by atoms with van der Waals surface area (Å²) in [7, 11) is -3.56. The highest BCUT2D eigenvalue weighted by molar-refractivity contribution is 7.89. The predicted octanol–water partition coefficient (Wildman–Crippen LogP) is 1.33. The van der Waals surface area contributed by atoms with Crippen LogP contribution in [0.2, 0.25) is 0 Å². The Morgan fingerprint density at radius 3 is 2.86 bits per heavy atom. The number of nitrogens with two attached hydrogens (primary N) is 1. The smallest absolute Gasteiger partial charge is 0.227 e. The summed E-state index contributed by atoms with van der Waals surface area (Å²) in [5, 5.41) is 7.62. The van der Waals surface area contributed by atoms with Gasteiger partial charge in [0.1, 0.15) is 0 Å². The second-order valence-corrected chi connectivity index (χ2v) is 8.03. The van der Waals surface area contributed by atoms with Gasteiger partial charge in [-0.1, -0.05) is 18.2 Å². The van der Waals surface area contributed by atoms with Crippen LogP contribution in [0.4, 0.5) is 0 Å². The van der Waals surface area contributed by atoms with Crippen LogP contribution in [-0.4, -0.2) is 37.6 Å². The number of amides is 1. The molecule has 0 bridgehead atoms. The summed E-state index contributed by atoms with van der Waals surface area (Å²) in [6, 6.07) is 7.96. The van der Waals surface area contributed by atoms with Crippen molar-refractivity contribution in [2.45, 2.75) is 18.1 Å². The van der Waals surface area contributed by atoms with Crippen LogP contribution >= 0.6 is 11.3 Å². The zero-order valence-electron chi connectivity index (χ0n) is 11.4. The molecule has 0 saturated carbocycles. The number of carbonyl (C=O) groups is 1. The summed E-state index contributed by atoms with van der Waals surface area (Å²) in [6.07, 6.45) is 0.732. The first-order valence-corrected chi connectivity index (χ1v) is 9.18. The van der Waals surface area contributed by atoms with Crippen molar-refractivity contribution in [2.75, 3.05) is 13.1 Å². The van der Waals surface area contributed by atoms with E-state index in [0.717, 1.165) is 15.6 Å². The van der Waals surface area contributed by atoms with E-state index in [9.17, 15) is 13.2 Å². The second-order valence-electron chi connectivity index (χ2n) is 5.27. The van der Waals surface area contributed by atoms with Crippen LogP contribution < -0.4 is 5.14 Å². The van der Waals surface area contributed by atoms with Crippen molar-refractivity contribution in [3.8, 4) is 0 Å². The summed E-state index contributed by atoms with van der Waals surface area (Å²) >= 11 is 1.62. The van der Waals surface area contributed by atoms with Crippen molar-refractivity contribution in [1.29, 1.82) is 0 Å². The number of nitrogens with zero attached hydrogens (tertiary/aromatic N) is 1. The van der Waals surface area contributed by atoms with Crippen molar-refractivity contribution in [1.82, 2.24) is 4.90 Å². The van der Waals surface area contributed by atoms with Gasteiger partial charge in [-0.15, -0.1) is 11.3 Å². The van der Waals surface area contributed by atoms with Crippen LogP contribution in [0.5, 0.6) is 0 Å². The van der Waals surface area contributed by atoms with Gasteiger partial charge in [0.15, 0.2) is 0 Å². The highest BCUT2D eigenvalue weighted by atomic mass is 32.2. The number of likely N-dealkylation sites (tertiary alicyclic amines) is 1. The van der Waals surface area contributed by atoms with E-state index < -0.39 is 15.3 Å². The van der Waals surface area contributed by atoms with Crippen LogP contribution in [0, 0.1) is 0 Å². The number of hydrogen-bond acceptors (Lipinski definition) is 4. The lowest BCUT2D eigenvalue weighted by molar-refractivity contribution is -0.129. The van der Waals surface area contributed by atoms with Crippen LogP contribution in [0.3, 0.4) is 0 Å². The van der Waals surface area contributed by atoms with Gasteiger partial charge >= 0.3 is 0 Å². The topological polar surface area (TPSA) is 80.5 Å². The summed E-state index contributed by atoms with van der Waals surface area (Å²) in [6.45, 7) is 0.668. The molecule has 2 N–H and O–H groups in total. The second kappa shape index (κ2) is 5.40. The summed E-state index contributed by atoms with van der Waals surface area (Å²) in [5.41, 5.74) is 1.000. The predicted molar refractivity (Wildman–Crippen MR) is 83.6 cm³/mol. The molecule has 1 aromatic carbocycles. The number of fused-ring (bicyclic) bond motifs is 1. The number of carbonyl (C=O) groups excluding carboxylic acids is 1. The lowest BCUT2D eigenvalue weighted by Crippen LogP contribution is -2.35. The van der Waals surface area contributed by atoms with Crippen LogP contribution in [-0.2, 0) is 21.2 Å². The Morgan fingerprint density at radius 2 is 2.14 bits per heavy atom. The molecule has 1 aliphatic heterocycles. The van der Waals surface area contributed by atoms with Crippen molar-refractivity contribution in [3.05, 3.63) is 35.2 Å². The third-order valence-corrected chi connectivity index (χ3v) is 6.19. The Morgan fingerprint density at radius 1 is 1.38 bits per heavy atom. The Bertz CT molecular complexity index is 782. The maximum absolute atomic E-state index is 12.3. The fourth-order valence-electron chi connectivity index (χ4n) is 2.67. The van der Waals surface area contributed by atoms with Gasteiger partial charge in [-0.25, -0.2) is 13.6 Å². The number of benzene rings is 1. The van der Waals surface area contributed by atoms with Gasteiger partial charge < -0.3 is 4.90 Å². The van der Waals surface area contributed by atoms with Gasteiger partial charge in [-0.05, 0) is 28.8 Å². The fraction of sp³-hybridized carbons (Fsp3) is 0.357. The fourth-order valence-corrected chi connectivity index (χ4v) is 4.45. The summed E-state index contributed by atoms with van der Waals surface area (Å²) < 4.78 is 23.8. The van der Waals surface area contributed by atoms with Crippen LogP contribution in [0.25, 0.3) is 10.1 Å². The van der Waals surface area contributed by atoms with E-state index in [1.54, 1.807) is 16.2 Å². The molecule has 0 radical (unpaired) electrons. The molecule has 1 fully saturated rings. The van der Waals surface area contributed by atoms with Gasteiger partial charge in [0.2, 0.25) is 15.9 Å². The first-order chi connectivity index (χ1) is 9.95. The molecule has 1 aliphatic rings. The molecule has 2 heterocycles. The minimum atomic E-state index is -3.56. The van der Waals surface area contributed by atoms with Crippen LogP contribution in [0.15, 0.2) is 29.6 Å². The van der Waals surface area contributed by atoms with Gasteiger partial charge in [0.25, 0.3) is 0 Å². The third-order valence-electron chi connectivity index (χ3n) is 3.87. The van der Waals surface area contributed by atoms with Crippen molar-refractivity contribution >= 4 is 37.4 Å². The molecule has 3 rings (SSSR count). The minimum absolute atomic E-state index is 0.0373. The Hall–Kier alpha value is -1.44.